The monoisotopic (exact) mass is 223 g/mol. The van der Waals surface area contributed by atoms with Crippen molar-refractivity contribution in [2.24, 2.45) is 0 Å². The molecule has 0 aliphatic heterocycles. The van der Waals surface area contributed by atoms with Crippen molar-refractivity contribution in [3.05, 3.63) is 11.8 Å². The van der Waals surface area contributed by atoms with Crippen molar-refractivity contribution in [3.8, 4) is 5.88 Å². The lowest BCUT2D eigenvalue weighted by Crippen LogP contribution is -2.04. The van der Waals surface area contributed by atoms with Crippen molar-refractivity contribution in [3.63, 3.8) is 0 Å². The van der Waals surface area contributed by atoms with Crippen LogP contribution < -0.4 is 10.5 Å². The standard InChI is InChI=1S/C12H21N3O/c1-3-4-5-6-7-8-16-11-10(2)9-14-12(13)15-11/h9H,3-8H2,1-2H3,(H2,13,14,15). The highest BCUT2D eigenvalue weighted by Gasteiger charge is 2.02. The quantitative estimate of drug-likeness (QED) is 0.722. The Hall–Kier alpha value is -1.32. The second-order valence-corrected chi connectivity index (χ2v) is 3.98. The van der Waals surface area contributed by atoms with Crippen molar-refractivity contribution < 1.29 is 4.74 Å². The molecule has 2 N–H and O–H groups in total. The Balaban J connectivity index is 2.23. The van der Waals surface area contributed by atoms with Crippen molar-refractivity contribution in [1.29, 1.82) is 0 Å². The fourth-order valence-electron chi connectivity index (χ4n) is 1.46. The summed E-state index contributed by atoms with van der Waals surface area (Å²) in [5.74, 6) is 0.884. The zero-order chi connectivity index (χ0) is 11.8. The molecule has 0 spiro atoms. The molecule has 0 saturated heterocycles. The van der Waals surface area contributed by atoms with Crippen LogP contribution in [0.2, 0.25) is 0 Å². The molecule has 1 aromatic rings. The van der Waals surface area contributed by atoms with E-state index in [1.54, 1.807) is 6.20 Å². The average molecular weight is 223 g/mol. The van der Waals surface area contributed by atoms with Gasteiger partial charge in [-0.1, -0.05) is 32.6 Å². The molecule has 1 heterocycles. The number of rotatable bonds is 7. The minimum atomic E-state index is 0.270. The zero-order valence-electron chi connectivity index (χ0n) is 10.2. The minimum Gasteiger partial charge on any atom is -0.477 e. The van der Waals surface area contributed by atoms with Crippen LogP contribution in [0.15, 0.2) is 6.20 Å². The number of nitrogens with two attached hydrogens (primary N) is 1. The molecule has 0 atom stereocenters. The molecule has 1 rings (SSSR count). The predicted molar refractivity (Wildman–Crippen MR) is 65.4 cm³/mol. The van der Waals surface area contributed by atoms with Crippen LogP contribution in [0.1, 0.15) is 44.6 Å². The Labute approximate surface area is 97.2 Å². The van der Waals surface area contributed by atoms with Gasteiger partial charge in [-0.2, -0.15) is 4.98 Å². The predicted octanol–water partition coefficient (Wildman–Crippen LogP) is 2.72. The van der Waals surface area contributed by atoms with E-state index in [9.17, 15) is 0 Å². The molecule has 16 heavy (non-hydrogen) atoms. The van der Waals surface area contributed by atoms with Gasteiger partial charge in [0.1, 0.15) is 0 Å². The van der Waals surface area contributed by atoms with Crippen molar-refractivity contribution in [2.75, 3.05) is 12.3 Å². The van der Waals surface area contributed by atoms with E-state index < -0.39 is 0 Å². The second kappa shape index (κ2) is 7.04. The lowest BCUT2D eigenvalue weighted by Gasteiger charge is -2.07. The molecule has 0 unspecified atom stereocenters. The van der Waals surface area contributed by atoms with Gasteiger partial charge in [0, 0.05) is 11.8 Å². The molecule has 0 saturated carbocycles. The summed E-state index contributed by atoms with van der Waals surface area (Å²) < 4.78 is 5.57. The molecule has 90 valence electrons. The number of aromatic nitrogens is 2. The Bertz CT molecular complexity index is 315. The number of hydrogen-bond acceptors (Lipinski definition) is 4. The number of nitrogens with zero attached hydrogens (tertiary/aromatic N) is 2. The van der Waals surface area contributed by atoms with Crippen LogP contribution in [0.4, 0.5) is 5.95 Å². The summed E-state index contributed by atoms with van der Waals surface area (Å²) in [4.78, 5) is 7.95. The van der Waals surface area contributed by atoms with E-state index in [1.165, 1.54) is 25.7 Å². The van der Waals surface area contributed by atoms with Crippen LogP contribution >= 0.6 is 0 Å². The van der Waals surface area contributed by atoms with Crippen molar-refractivity contribution in [1.82, 2.24) is 9.97 Å². The largest absolute Gasteiger partial charge is 0.477 e. The molecule has 4 nitrogen and oxygen atoms in total. The van der Waals surface area contributed by atoms with Crippen molar-refractivity contribution in [2.45, 2.75) is 46.0 Å². The molecular formula is C12H21N3O. The lowest BCUT2D eigenvalue weighted by molar-refractivity contribution is 0.291. The maximum Gasteiger partial charge on any atom is 0.223 e. The first-order valence-electron chi connectivity index (χ1n) is 5.96. The molecule has 0 amide bonds. The first-order chi connectivity index (χ1) is 7.74. The van der Waals surface area contributed by atoms with E-state index in [0.29, 0.717) is 12.5 Å². The summed E-state index contributed by atoms with van der Waals surface area (Å²) in [6.45, 7) is 4.84. The number of unbranched alkanes of at least 4 members (excludes halogenated alkanes) is 4. The Morgan fingerprint density at radius 2 is 2.00 bits per heavy atom. The van der Waals surface area contributed by atoms with Crippen LogP contribution in [-0.4, -0.2) is 16.6 Å². The topological polar surface area (TPSA) is 61.0 Å². The summed E-state index contributed by atoms with van der Waals surface area (Å²) in [7, 11) is 0. The Morgan fingerprint density at radius 1 is 1.25 bits per heavy atom. The molecule has 4 heteroatoms. The van der Waals surface area contributed by atoms with Gasteiger partial charge in [0.2, 0.25) is 11.8 Å². The molecule has 0 radical (unpaired) electrons. The summed E-state index contributed by atoms with van der Waals surface area (Å²) >= 11 is 0. The fourth-order valence-corrected chi connectivity index (χ4v) is 1.46. The molecule has 0 aromatic carbocycles. The van der Waals surface area contributed by atoms with Gasteiger partial charge in [-0.3, -0.25) is 0 Å². The van der Waals surface area contributed by atoms with Gasteiger partial charge in [-0.15, -0.1) is 0 Å². The van der Waals surface area contributed by atoms with Crippen LogP contribution in [-0.2, 0) is 0 Å². The third kappa shape index (κ3) is 4.47. The van der Waals surface area contributed by atoms with Crippen LogP contribution in [0.25, 0.3) is 0 Å². The normalized spacial score (nSPS) is 10.4. The van der Waals surface area contributed by atoms with E-state index in [-0.39, 0.29) is 5.95 Å². The van der Waals surface area contributed by atoms with E-state index in [1.807, 2.05) is 6.92 Å². The van der Waals surface area contributed by atoms with Crippen molar-refractivity contribution >= 4 is 5.95 Å². The number of aryl methyl sites for hydroxylation is 1. The van der Waals surface area contributed by atoms with Gasteiger partial charge >= 0.3 is 0 Å². The first-order valence-corrected chi connectivity index (χ1v) is 5.96. The summed E-state index contributed by atoms with van der Waals surface area (Å²) in [6.07, 6.45) is 7.83. The maximum absolute atomic E-state index is 5.57. The highest BCUT2D eigenvalue weighted by Crippen LogP contribution is 2.14. The Kier molecular flexibility index (Phi) is 5.61. The minimum absolute atomic E-state index is 0.270. The van der Waals surface area contributed by atoms with Crippen LogP contribution in [0, 0.1) is 6.92 Å². The van der Waals surface area contributed by atoms with E-state index in [2.05, 4.69) is 16.9 Å². The first kappa shape index (κ1) is 12.7. The summed E-state index contributed by atoms with van der Waals surface area (Å²) in [5, 5.41) is 0. The molecule has 0 aliphatic rings. The van der Waals surface area contributed by atoms with Crippen LogP contribution in [0.5, 0.6) is 5.88 Å². The summed E-state index contributed by atoms with van der Waals surface area (Å²) in [6, 6.07) is 0. The number of hydrogen-bond donors (Lipinski definition) is 1. The molecule has 0 fully saturated rings. The third-order valence-corrected chi connectivity index (χ3v) is 2.43. The second-order valence-electron chi connectivity index (χ2n) is 3.98. The SMILES string of the molecule is CCCCCCCOc1nc(N)ncc1C. The van der Waals surface area contributed by atoms with Crippen LogP contribution in [0.3, 0.4) is 0 Å². The van der Waals surface area contributed by atoms with Gasteiger partial charge in [-0.25, -0.2) is 4.98 Å². The highest BCUT2D eigenvalue weighted by atomic mass is 16.5. The van der Waals surface area contributed by atoms with Gasteiger partial charge in [0.25, 0.3) is 0 Å². The summed E-state index contributed by atoms with van der Waals surface area (Å²) in [5.41, 5.74) is 6.43. The third-order valence-electron chi connectivity index (χ3n) is 2.43. The molecule has 0 bridgehead atoms. The molecule has 0 aliphatic carbocycles. The highest BCUT2D eigenvalue weighted by molar-refractivity contribution is 5.28. The lowest BCUT2D eigenvalue weighted by atomic mass is 10.2. The van der Waals surface area contributed by atoms with E-state index >= 15 is 0 Å². The number of anilines is 1. The van der Waals surface area contributed by atoms with Gasteiger partial charge in [0.05, 0.1) is 6.61 Å². The average Bonchev–Trinajstić information content (AvgIpc) is 2.28. The van der Waals surface area contributed by atoms with Gasteiger partial charge in [0.15, 0.2) is 0 Å². The van der Waals surface area contributed by atoms with E-state index in [0.717, 1.165) is 12.0 Å². The number of nitrogen functional groups attached to an aromatic ring is 1. The molecule has 1 aromatic heterocycles. The Morgan fingerprint density at radius 3 is 2.75 bits per heavy atom. The smallest absolute Gasteiger partial charge is 0.223 e. The number of ether oxygens (including phenoxy) is 1. The van der Waals surface area contributed by atoms with Gasteiger partial charge < -0.3 is 10.5 Å². The van der Waals surface area contributed by atoms with E-state index in [4.69, 9.17) is 10.5 Å². The zero-order valence-corrected chi connectivity index (χ0v) is 10.2. The molecular weight excluding hydrogens is 202 g/mol. The fraction of sp³-hybridized carbons (Fsp3) is 0.667. The maximum atomic E-state index is 5.57. The van der Waals surface area contributed by atoms with Gasteiger partial charge in [-0.05, 0) is 13.3 Å².